The summed E-state index contributed by atoms with van der Waals surface area (Å²) in [6.45, 7) is 4.27. The molecule has 0 atom stereocenters. The Labute approximate surface area is 432 Å². The predicted molar refractivity (Wildman–Crippen MR) is 313 cm³/mol. The molecule has 15 rings (SSSR count). The Morgan fingerprint density at radius 1 is 0.267 bits per heavy atom. The summed E-state index contributed by atoms with van der Waals surface area (Å²) in [4.78, 5) is 4.72. The van der Waals surface area contributed by atoms with Crippen molar-refractivity contribution in [1.29, 1.82) is 0 Å². The van der Waals surface area contributed by atoms with Crippen molar-refractivity contribution in [3.63, 3.8) is 0 Å². The molecule has 0 saturated carbocycles. The third-order valence-electron chi connectivity index (χ3n) is 15.2. The monoisotopic (exact) mass is 962 g/mol. The van der Waals surface area contributed by atoms with Crippen LogP contribution in [-0.2, 0) is 0 Å². The van der Waals surface area contributed by atoms with E-state index in [1.165, 1.54) is 11.1 Å². The number of furan rings is 3. The Morgan fingerprint density at radius 2 is 0.653 bits per heavy atom. The van der Waals surface area contributed by atoms with Crippen LogP contribution in [0.2, 0.25) is 0 Å². The second-order valence-electron chi connectivity index (χ2n) is 19.7. The minimum Gasteiger partial charge on any atom is -0.455 e. The highest BCUT2D eigenvalue weighted by Crippen LogP contribution is 2.52. The summed E-state index contributed by atoms with van der Waals surface area (Å²) in [6.07, 6.45) is 0. The van der Waals surface area contributed by atoms with Crippen LogP contribution in [0.15, 0.2) is 256 Å². The SMILES string of the molecule is Cc1ccc(N(c2cc3c(oc4cc(N(c5ccc(C)cc5)c5cccc6c5oc5c(-c7ccccc7)cccc56)c5ccccc5c43)c3ccccc23)c2cccc3c2oc2c(-c4ccccc4)cccc23)cc1. The lowest BCUT2D eigenvalue weighted by Gasteiger charge is -2.27. The van der Waals surface area contributed by atoms with Gasteiger partial charge in [0.2, 0.25) is 0 Å². The van der Waals surface area contributed by atoms with E-state index >= 15 is 0 Å². The molecular weight excluding hydrogens is 917 g/mol. The largest absolute Gasteiger partial charge is 0.455 e. The van der Waals surface area contributed by atoms with Gasteiger partial charge >= 0.3 is 0 Å². The summed E-state index contributed by atoms with van der Waals surface area (Å²) in [6, 6.07) is 86.4. The summed E-state index contributed by atoms with van der Waals surface area (Å²) >= 11 is 0. The average Bonchev–Trinajstić information content (AvgIpc) is 4.18. The van der Waals surface area contributed by atoms with E-state index in [4.69, 9.17) is 13.3 Å². The molecule has 0 amide bonds. The van der Waals surface area contributed by atoms with Crippen molar-refractivity contribution in [3.8, 4) is 22.3 Å². The predicted octanol–water partition coefficient (Wildman–Crippen LogP) is 20.6. The zero-order valence-electron chi connectivity index (χ0n) is 41.2. The fraction of sp³-hybridized carbons (Fsp3) is 0.0286. The highest BCUT2D eigenvalue weighted by Gasteiger charge is 2.28. The Hall–Kier alpha value is -9.84. The number of para-hydroxylation sites is 4. The molecule has 0 N–H and O–H groups in total. The number of rotatable bonds is 8. The van der Waals surface area contributed by atoms with E-state index in [0.29, 0.717) is 0 Å². The lowest BCUT2D eigenvalue weighted by atomic mass is 9.97. The molecule has 0 bridgehead atoms. The van der Waals surface area contributed by atoms with E-state index in [9.17, 15) is 0 Å². The van der Waals surface area contributed by atoms with Crippen molar-refractivity contribution in [2.45, 2.75) is 13.8 Å². The molecule has 0 unspecified atom stereocenters. The van der Waals surface area contributed by atoms with Gasteiger partial charge in [-0.15, -0.1) is 0 Å². The van der Waals surface area contributed by atoms with Crippen molar-refractivity contribution in [1.82, 2.24) is 0 Å². The second kappa shape index (κ2) is 16.9. The molecule has 5 heteroatoms. The van der Waals surface area contributed by atoms with Crippen LogP contribution in [0.25, 0.3) is 110 Å². The maximum Gasteiger partial charge on any atom is 0.159 e. The normalized spacial score (nSPS) is 11.9. The van der Waals surface area contributed by atoms with Gasteiger partial charge in [-0.25, -0.2) is 0 Å². The summed E-state index contributed by atoms with van der Waals surface area (Å²) in [5.74, 6) is 0. The molecule has 12 aromatic carbocycles. The molecule has 75 heavy (non-hydrogen) atoms. The molecular formula is C70H46N2O3. The van der Waals surface area contributed by atoms with Crippen LogP contribution in [0, 0.1) is 13.8 Å². The molecule has 0 radical (unpaired) electrons. The number of aryl methyl sites for hydroxylation is 2. The number of hydrogen-bond donors (Lipinski definition) is 0. The van der Waals surface area contributed by atoms with Crippen LogP contribution in [0.3, 0.4) is 0 Å². The first-order chi connectivity index (χ1) is 37.0. The molecule has 15 aromatic rings. The van der Waals surface area contributed by atoms with Gasteiger partial charge in [-0.1, -0.05) is 205 Å². The average molecular weight is 963 g/mol. The zero-order valence-corrected chi connectivity index (χ0v) is 41.2. The molecule has 0 fully saturated rings. The molecule has 0 saturated heterocycles. The molecule has 354 valence electrons. The summed E-state index contributed by atoms with van der Waals surface area (Å²) in [5.41, 5.74) is 17.6. The van der Waals surface area contributed by atoms with Gasteiger partial charge in [-0.05, 0) is 72.8 Å². The zero-order chi connectivity index (χ0) is 49.7. The third kappa shape index (κ3) is 6.71. The molecule has 5 nitrogen and oxygen atoms in total. The van der Waals surface area contributed by atoms with E-state index in [1.807, 2.05) is 0 Å². The van der Waals surface area contributed by atoms with Gasteiger partial charge in [0, 0.05) is 77.0 Å². The quantitative estimate of drug-likeness (QED) is 0.152. The third-order valence-corrected chi connectivity index (χ3v) is 15.2. The number of benzene rings is 12. The van der Waals surface area contributed by atoms with Crippen molar-refractivity contribution in [2.75, 3.05) is 9.80 Å². The van der Waals surface area contributed by atoms with E-state index in [0.717, 1.165) is 144 Å². The van der Waals surface area contributed by atoms with Crippen LogP contribution >= 0.6 is 0 Å². The molecule has 0 aliphatic rings. The Balaban J connectivity index is 0.990. The molecule has 0 aliphatic carbocycles. The van der Waals surface area contributed by atoms with Crippen LogP contribution < -0.4 is 9.80 Å². The van der Waals surface area contributed by atoms with Gasteiger partial charge in [-0.2, -0.15) is 0 Å². The number of anilines is 6. The molecule has 0 spiro atoms. The van der Waals surface area contributed by atoms with E-state index in [-0.39, 0.29) is 0 Å². The first-order valence-electron chi connectivity index (χ1n) is 25.6. The number of fused-ring (bicyclic) bond motifs is 13. The topological polar surface area (TPSA) is 45.9 Å². The van der Waals surface area contributed by atoms with Crippen LogP contribution in [-0.4, -0.2) is 0 Å². The van der Waals surface area contributed by atoms with E-state index in [2.05, 4.69) is 266 Å². The number of nitrogens with zero attached hydrogens (tertiary/aromatic N) is 2. The highest BCUT2D eigenvalue weighted by molar-refractivity contribution is 6.28. The van der Waals surface area contributed by atoms with Crippen molar-refractivity contribution < 1.29 is 13.3 Å². The standard InChI is InChI=1S/C70H46N2O3/c1-43-33-37-47(38-34-43)71(60-31-15-29-57-55-27-13-25-49(66(55)74-69(57)60)45-17-5-3-6-18-45)62-41-59-65-53-23-11-9-21-51(53)63(42-64(65)73-68(59)54-24-12-10-22-52(54)62)72(48-39-35-44(2)36-40-48)61-32-16-30-58-56-28-14-26-50(67(56)75-70(58)61)46-19-7-4-8-20-46/h3-42H,1-2H3. The van der Waals surface area contributed by atoms with Gasteiger partial charge in [-0.3, -0.25) is 0 Å². The minimum absolute atomic E-state index is 0.788. The van der Waals surface area contributed by atoms with E-state index in [1.54, 1.807) is 0 Å². The van der Waals surface area contributed by atoms with Gasteiger partial charge in [0.25, 0.3) is 0 Å². The molecule has 3 heterocycles. The van der Waals surface area contributed by atoms with Crippen molar-refractivity contribution >= 4 is 121 Å². The second-order valence-corrected chi connectivity index (χ2v) is 19.7. The summed E-state index contributed by atoms with van der Waals surface area (Å²) in [5, 5.41) is 10.6. The van der Waals surface area contributed by atoms with Gasteiger partial charge in [0.1, 0.15) is 22.3 Å². The Bertz CT molecular complexity index is 4720. The summed E-state index contributed by atoms with van der Waals surface area (Å²) in [7, 11) is 0. The van der Waals surface area contributed by atoms with Crippen molar-refractivity contribution in [3.05, 3.63) is 254 Å². The molecule has 0 aliphatic heterocycles. The van der Waals surface area contributed by atoms with Gasteiger partial charge in [0.15, 0.2) is 11.2 Å². The highest BCUT2D eigenvalue weighted by atomic mass is 16.3. The summed E-state index contributed by atoms with van der Waals surface area (Å²) < 4.78 is 21.6. The van der Waals surface area contributed by atoms with Gasteiger partial charge < -0.3 is 23.1 Å². The van der Waals surface area contributed by atoms with Crippen molar-refractivity contribution in [2.24, 2.45) is 0 Å². The fourth-order valence-electron chi connectivity index (χ4n) is 11.7. The lowest BCUT2D eigenvalue weighted by Crippen LogP contribution is -2.11. The minimum atomic E-state index is 0.788. The first-order valence-corrected chi connectivity index (χ1v) is 25.6. The maximum absolute atomic E-state index is 7.30. The van der Waals surface area contributed by atoms with Gasteiger partial charge in [0.05, 0.1) is 22.7 Å². The van der Waals surface area contributed by atoms with Crippen LogP contribution in [0.5, 0.6) is 0 Å². The maximum atomic E-state index is 7.30. The molecule has 3 aromatic heterocycles. The van der Waals surface area contributed by atoms with Crippen LogP contribution in [0.1, 0.15) is 11.1 Å². The smallest absolute Gasteiger partial charge is 0.159 e. The van der Waals surface area contributed by atoms with E-state index < -0.39 is 0 Å². The fourth-order valence-corrected chi connectivity index (χ4v) is 11.7. The first kappa shape index (κ1) is 42.8. The Kier molecular flexibility index (Phi) is 9.63. The lowest BCUT2D eigenvalue weighted by molar-refractivity contribution is 0.669. The Morgan fingerprint density at radius 3 is 1.16 bits per heavy atom. The number of hydrogen-bond acceptors (Lipinski definition) is 5. The van der Waals surface area contributed by atoms with Crippen LogP contribution in [0.4, 0.5) is 34.1 Å².